The molecule has 1 aliphatic heterocycles. The highest BCUT2D eigenvalue weighted by atomic mass is 16.5. The van der Waals surface area contributed by atoms with E-state index in [1.165, 1.54) is 16.7 Å². The van der Waals surface area contributed by atoms with Crippen molar-refractivity contribution < 1.29 is 14.6 Å². The minimum absolute atomic E-state index is 0.0212. The second kappa shape index (κ2) is 11.2. The predicted octanol–water partition coefficient (Wildman–Crippen LogP) is 8.53. The van der Waals surface area contributed by atoms with Crippen molar-refractivity contribution >= 4 is 11.6 Å². The van der Waals surface area contributed by atoms with E-state index in [-0.39, 0.29) is 17.2 Å². The number of rotatable bonds is 7. The number of carbonyl (C=O) groups is 1. The molecule has 0 radical (unpaired) electrons. The summed E-state index contributed by atoms with van der Waals surface area (Å²) in [6.07, 6.45) is -0.463. The fourth-order valence-electron chi connectivity index (χ4n) is 5.65. The van der Waals surface area contributed by atoms with E-state index >= 15 is 0 Å². The number of aliphatic hydroxyl groups excluding tert-OH is 1. The van der Waals surface area contributed by atoms with Crippen LogP contribution >= 0.6 is 0 Å². The molecule has 1 amide bonds. The summed E-state index contributed by atoms with van der Waals surface area (Å²) in [7, 11) is 0. The van der Waals surface area contributed by atoms with Crippen LogP contribution in [0.3, 0.4) is 0 Å². The Balaban J connectivity index is 1.85. The van der Waals surface area contributed by atoms with Crippen LogP contribution in [0.4, 0.5) is 5.69 Å². The molecule has 1 heterocycles. The molecule has 1 aliphatic rings. The van der Waals surface area contributed by atoms with E-state index in [9.17, 15) is 9.90 Å². The van der Waals surface area contributed by atoms with Gasteiger partial charge in [-0.15, -0.1) is 0 Å². The van der Waals surface area contributed by atoms with Crippen molar-refractivity contribution in [3.63, 3.8) is 0 Å². The smallest absolute Gasteiger partial charge is 0.224 e. The lowest BCUT2D eigenvalue weighted by Crippen LogP contribution is -2.21. The molecule has 0 aromatic heterocycles. The summed E-state index contributed by atoms with van der Waals surface area (Å²) in [6, 6.07) is 16.9. The van der Waals surface area contributed by atoms with Crippen molar-refractivity contribution in [1.82, 2.24) is 0 Å². The van der Waals surface area contributed by atoms with Gasteiger partial charge in [0, 0.05) is 29.2 Å². The van der Waals surface area contributed by atoms with Gasteiger partial charge in [-0.05, 0) is 64.5 Å². The zero-order valence-electron chi connectivity index (χ0n) is 25.1. The van der Waals surface area contributed by atoms with E-state index < -0.39 is 6.10 Å². The summed E-state index contributed by atoms with van der Waals surface area (Å²) in [6.45, 7) is 19.5. The molecular weight excluding hydrogens is 482 g/mol. The van der Waals surface area contributed by atoms with Crippen LogP contribution < -0.4 is 10.1 Å². The first-order chi connectivity index (χ1) is 18.3. The van der Waals surface area contributed by atoms with Crippen LogP contribution in [0.25, 0.3) is 0 Å². The molecule has 0 bridgehead atoms. The third kappa shape index (κ3) is 6.06. The zero-order chi connectivity index (χ0) is 28.6. The van der Waals surface area contributed by atoms with Crippen LogP contribution in [0.1, 0.15) is 123 Å². The van der Waals surface area contributed by atoms with Crippen molar-refractivity contribution in [1.29, 1.82) is 0 Å². The van der Waals surface area contributed by atoms with E-state index in [1.54, 1.807) is 0 Å². The molecule has 4 rings (SSSR count). The lowest BCUT2D eigenvalue weighted by molar-refractivity contribution is -0.117. The molecule has 2 unspecified atom stereocenters. The molecule has 2 atom stereocenters. The molecule has 208 valence electrons. The van der Waals surface area contributed by atoms with E-state index in [0.717, 1.165) is 39.3 Å². The number of hydrogen-bond donors (Lipinski definition) is 2. The maximum absolute atomic E-state index is 13.1. The summed E-state index contributed by atoms with van der Waals surface area (Å²) in [5.41, 5.74) is 8.82. The van der Waals surface area contributed by atoms with Crippen molar-refractivity contribution in [3.8, 4) is 5.75 Å². The Labute approximate surface area is 234 Å². The van der Waals surface area contributed by atoms with E-state index in [1.807, 2.05) is 19.1 Å². The fraction of sp³-hybridized carbons (Fsp3) is 0.457. The van der Waals surface area contributed by atoms with Gasteiger partial charge >= 0.3 is 0 Å². The molecule has 0 aliphatic carbocycles. The average molecular weight is 528 g/mol. The summed E-state index contributed by atoms with van der Waals surface area (Å²) in [5, 5.41) is 15.0. The molecule has 3 aromatic carbocycles. The van der Waals surface area contributed by atoms with Gasteiger partial charge in [-0.1, -0.05) is 97.0 Å². The molecule has 4 heteroatoms. The number of anilines is 1. The van der Waals surface area contributed by atoms with Crippen LogP contribution in [-0.2, 0) is 4.79 Å². The number of ether oxygens (including phenoxy) is 1. The summed E-state index contributed by atoms with van der Waals surface area (Å²) < 4.78 is 6.41. The Bertz CT molecular complexity index is 1330. The molecule has 0 saturated heterocycles. The minimum atomic E-state index is -0.874. The second-order valence-corrected chi connectivity index (χ2v) is 13.0. The van der Waals surface area contributed by atoms with Gasteiger partial charge in [-0.3, -0.25) is 4.79 Å². The summed E-state index contributed by atoms with van der Waals surface area (Å²) in [5.74, 6) is 1.63. The minimum Gasteiger partial charge on any atom is -0.492 e. The number of nitrogens with one attached hydrogen (secondary N) is 1. The molecule has 0 spiro atoms. The van der Waals surface area contributed by atoms with Gasteiger partial charge in [0.05, 0.1) is 6.61 Å². The van der Waals surface area contributed by atoms with Crippen molar-refractivity contribution in [2.24, 2.45) is 5.41 Å². The van der Waals surface area contributed by atoms with Crippen LogP contribution in [-0.4, -0.2) is 17.6 Å². The fourth-order valence-corrected chi connectivity index (χ4v) is 5.65. The molecule has 3 aromatic rings. The van der Waals surface area contributed by atoms with Crippen molar-refractivity contribution in [3.05, 3.63) is 93.0 Å². The van der Waals surface area contributed by atoms with Crippen LogP contribution in [0, 0.1) is 19.3 Å². The third-order valence-corrected chi connectivity index (χ3v) is 7.94. The van der Waals surface area contributed by atoms with Gasteiger partial charge in [0.25, 0.3) is 0 Å². The number of amides is 1. The molecule has 0 saturated carbocycles. The molecular formula is C35H45NO3. The first-order valence-electron chi connectivity index (χ1n) is 14.3. The highest BCUT2D eigenvalue weighted by molar-refractivity contribution is 5.94. The van der Waals surface area contributed by atoms with E-state index in [0.29, 0.717) is 24.9 Å². The van der Waals surface area contributed by atoms with Gasteiger partial charge < -0.3 is 15.2 Å². The second-order valence-electron chi connectivity index (χ2n) is 13.0. The summed E-state index contributed by atoms with van der Waals surface area (Å²) in [4.78, 5) is 13.1. The van der Waals surface area contributed by atoms with Crippen molar-refractivity contribution in [2.45, 2.75) is 92.6 Å². The molecule has 4 nitrogen and oxygen atoms in total. The average Bonchev–Trinajstić information content (AvgIpc) is 3.30. The maximum atomic E-state index is 13.1. The monoisotopic (exact) mass is 527 g/mol. The number of benzene rings is 3. The molecule has 0 fully saturated rings. The van der Waals surface area contributed by atoms with E-state index in [2.05, 4.69) is 97.1 Å². The standard InChI is InChI=1S/C35H45NO3/c1-20(2)24-10-14-26(15-11-24)28-19-39-34-30(28)22(5)32(36-29(37)18-35(7,8)9)23(6)31(34)33(38)27-16-12-25(13-17-27)21(3)4/h10-17,20-21,28,33,38H,18-19H2,1-9H3,(H,36,37). The Morgan fingerprint density at radius 2 is 1.41 bits per heavy atom. The first kappa shape index (κ1) is 28.9. The van der Waals surface area contributed by atoms with Crippen LogP contribution in [0.2, 0.25) is 0 Å². The largest absolute Gasteiger partial charge is 0.492 e. The van der Waals surface area contributed by atoms with Gasteiger partial charge in [-0.2, -0.15) is 0 Å². The maximum Gasteiger partial charge on any atom is 0.224 e. The number of carbonyl (C=O) groups excluding carboxylic acids is 1. The first-order valence-corrected chi connectivity index (χ1v) is 14.3. The topological polar surface area (TPSA) is 58.6 Å². The zero-order valence-corrected chi connectivity index (χ0v) is 25.1. The number of fused-ring (bicyclic) bond motifs is 1. The van der Waals surface area contributed by atoms with Crippen molar-refractivity contribution in [2.75, 3.05) is 11.9 Å². The van der Waals surface area contributed by atoms with Gasteiger partial charge in [0.15, 0.2) is 0 Å². The van der Waals surface area contributed by atoms with Gasteiger partial charge in [0.1, 0.15) is 11.9 Å². The van der Waals surface area contributed by atoms with E-state index in [4.69, 9.17) is 4.74 Å². The number of hydrogen-bond acceptors (Lipinski definition) is 3. The highest BCUT2D eigenvalue weighted by Crippen LogP contribution is 2.50. The molecule has 39 heavy (non-hydrogen) atoms. The van der Waals surface area contributed by atoms with Gasteiger partial charge in [0.2, 0.25) is 5.91 Å². The quantitative estimate of drug-likeness (QED) is 0.324. The van der Waals surface area contributed by atoms with Gasteiger partial charge in [-0.25, -0.2) is 0 Å². The van der Waals surface area contributed by atoms with Crippen LogP contribution in [0.15, 0.2) is 48.5 Å². The summed E-state index contributed by atoms with van der Waals surface area (Å²) >= 11 is 0. The lowest BCUT2D eigenvalue weighted by Gasteiger charge is -2.25. The third-order valence-electron chi connectivity index (χ3n) is 7.94. The number of aliphatic hydroxyl groups is 1. The normalized spacial score (nSPS) is 15.8. The Morgan fingerprint density at radius 3 is 1.92 bits per heavy atom. The highest BCUT2D eigenvalue weighted by Gasteiger charge is 2.35. The lowest BCUT2D eigenvalue weighted by atomic mass is 9.83. The predicted molar refractivity (Wildman–Crippen MR) is 161 cm³/mol. The van der Waals surface area contributed by atoms with Crippen LogP contribution in [0.5, 0.6) is 5.75 Å². The molecule has 2 N–H and O–H groups in total. The SMILES string of the molecule is Cc1c(NC(=O)CC(C)(C)C)c(C)c2c(c1C(O)c1ccc(C(C)C)cc1)OCC2c1ccc(C(C)C)cc1. The Hall–Kier alpha value is -3.11. The Morgan fingerprint density at radius 1 is 0.897 bits per heavy atom. The Kier molecular flexibility index (Phi) is 8.28.